The number of hydrogen-bond donors (Lipinski definition) is 2. The number of hydrogen-bond acceptors (Lipinski definition) is 5. The number of nitrogens with zero attached hydrogens (tertiary/aromatic N) is 4. The van der Waals surface area contributed by atoms with Crippen LogP contribution in [-0.4, -0.2) is 24.4 Å². The van der Waals surface area contributed by atoms with Crippen LogP contribution in [0.1, 0.15) is 22.6 Å². The molecule has 0 saturated carbocycles. The van der Waals surface area contributed by atoms with E-state index >= 15 is 0 Å². The summed E-state index contributed by atoms with van der Waals surface area (Å²) < 4.78 is 1.59. The molecule has 0 bridgehead atoms. The lowest BCUT2D eigenvalue weighted by Gasteiger charge is -2.20. The van der Waals surface area contributed by atoms with Gasteiger partial charge in [0.2, 0.25) is 0 Å². The first kappa shape index (κ1) is 16.8. The van der Waals surface area contributed by atoms with Crippen molar-refractivity contribution in [3.8, 4) is 0 Å². The zero-order chi connectivity index (χ0) is 18.9. The van der Waals surface area contributed by atoms with Gasteiger partial charge in [-0.2, -0.15) is 0 Å². The fourth-order valence-corrected chi connectivity index (χ4v) is 3.51. The van der Waals surface area contributed by atoms with Crippen LogP contribution in [0.5, 0.6) is 0 Å². The van der Waals surface area contributed by atoms with E-state index in [4.69, 9.17) is 16.8 Å². The van der Waals surface area contributed by atoms with Gasteiger partial charge in [-0.15, -0.1) is 0 Å². The molecule has 3 heterocycles. The molecule has 0 saturated heterocycles. The molecule has 0 fully saturated rings. The molecule has 0 atom stereocenters. The smallest absolute Gasteiger partial charge is 0.139 e. The Morgan fingerprint density at radius 1 is 1.11 bits per heavy atom. The van der Waals surface area contributed by atoms with E-state index in [0.717, 1.165) is 46.0 Å². The number of fused-ring (bicyclic) bond motifs is 2. The van der Waals surface area contributed by atoms with Crippen LogP contribution in [0.25, 0.3) is 17.1 Å². The monoisotopic (exact) mass is 388 g/mol. The minimum absolute atomic E-state index is 0.544. The molecule has 0 spiro atoms. The van der Waals surface area contributed by atoms with E-state index in [1.165, 1.54) is 5.56 Å². The van der Waals surface area contributed by atoms with Crippen molar-refractivity contribution in [1.82, 2.24) is 24.4 Å². The van der Waals surface area contributed by atoms with Gasteiger partial charge in [-0.1, -0.05) is 30.3 Å². The molecule has 2 aromatic carbocycles. The normalized spacial score (nSPS) is 13.0. The molecular formula is C21H17ClN6. The third kappa shape index (κ3) is 3.30. The van der Waals surface area contributed by atoms with E-state index in [1.54, 1.807) is 16.9 Å². The van der Waals surface area contributed by atoms with Crippen molar-refractivity contribution in [3.05, 3.63) is 83.7 Å². The van der Waals surface area contributed by atoms with Crippen LogP contribution in [0.4, 0.5) is 11.5 Å². The van der Waals surface area contributed by atoms with Crippen LogP contribution in [0.2, 0.25) is 0 Å². The second-order valence-electron chi connectivity index (χ2n) is 6.66. The van der Waals surface area contributed by atoms with Gasteiger partial charge < -0.3 is 10.3 Å². The van der Waals surface area contributed by atoms with Crippen molar-refractivity contribution < 1.29 is 0 Å². The zero-order valence-corrected chi connectivity index (χ0v) is 15.7. The molecule has 5 rings (SSSR count). The van der Waals surface area contributed by atoms with E-state index in [1.807, 2.05) is 42.5 Å². The van der Waals surface area contributed by atoms with Crippen LogP contribution in [0.15, 0.2) is 61.1 Å². The summed E-state index contributed by atoms with van der Waals surface area (Å²) in [5.74, 6) is 1.69. The molecule has 138 valence electrons. The van der Waals surface area contributed by atoms with Crippen LogP contribution < -0.4 is 5.32 Å². The maximum absolute atomic E-state index is 6.12. The van der Waals surface area contributed by atoms with Gasteiger partial charge >= 0.3 is 0 Å². The van der Waals surface area contributed by atoms with Crippen molar-refractivity contribution in [3.63, 3.8) is 0 Å². The highest BCUT2D eigenvalue weighted by molar-refractivity contribution is 6.14. The lowest BCUT2D eigenvalue weighted by atomic mass is 10.1. The number of nitrogens with one attached hydrogen (secondary N) is 2. The van der Waals surface area contributed by atoms with Crippen molar-refractivity contribution in [2.45, 2.75) is 13.0 Å². The predicted octanol–water partition coefficient (Wildman–Crippen LogP) is 4.63. The quantitative estimate of drug-likeness (QED) is 0.499. The first-order valence-electron chi connectivity index (χ1n) is 8.99. The van der Waals surface area contributed by atoms with Crippen molar-refractivity contribution in [2.24, 2.45) is 0 Å². The molecule has 6 nitrogen and oxygen atoms in total. The Kier molecular flexibility index (Phi) is 4.18. The minimum atomic E-state index is 0.544. The van der Waals surface area contributed by atoms with Gasteiger partial charge in [-0.3, -0.25) is 4.42 Å². The lowest BCUT2D eigenvalue weighted by Crippen LogP contribution is -2.13. The van der Waals surface area contributed by atoms with Crippen LogP contribution in [-0.2, 0) is 13.0 Å². The van der Waals surface area contributed by atoms with E-state index in [-0.39, 0.29) is 0 Å². The average molecular weight is 389 g/mol. The summed E-state index contributed by atoms with van der Waals surface area (Å²) in [6.45, 7) is 0.544. The van der Waals surface area contributed by atoms with Crippen molar-refractivity contribution in [2.75, 3.05) is 5.32 Å². The van der Waals surface area contributed by atoms with Crippen molar-refractivity contribution >= 4 is 40.4 Å². The molecule has 7 heteroatoms. The minimum Gasteiger partial charge on any atom is -0.342 e. The summed E-state index contributed by atoms with van der Waals surface area (Å²) in [6, 6.07) is 16.4. The molecule has 28 heavy (non-hydrogen) atoms. The number of halogens is 1. The second kappa shape index (κ2) is 6.98. The maximum Gasteiger partial charge on any atom is 0.139 e. The van der Waals surface area contributed by atoms with Crippen LogP contribution in [0, 0.1) is 0 Å². The number of H-pyrrole nitrogens is 1. The highest BCUT2D eigenvalue weighted by Crippen LogP contribution is 2.28. The Bertz CT molecular complexity index is 1170. The molecule has 1 aliphatic heterocycles. The molecular weight excluding hydrogens is 372 g/mol. The Labute approximate surface area is 167 Å². The third-order valence-corrected chi connectivity index (χ3v) is 4.92. The fourth-order valence-electron chi connectivity index (χ4n) is 3.33. The van der Waals surface area contributed by atoms with E-state index < -0.39 is 0 Å². The summed E-state index contributed by atoms with van der Waals surface area (Å²) in [4.78, 5) is 16.8. The van der Waals surface area contributed by atoms with Crippen LogP contribution in [0.3, 0.4) is 0 Å². The average Bonchev–Trinajstić information content (AvgIpc) is 3.11. The van der Waals surface area contributed by atoms with Gasteiger partial charge in [-0.25, -0.2) is 15.0 Å². The summed E-state index contributed by atoms with van der Waals surface area (Å²) in [5.41, 5.74) is 5.91. The Morgan fingerprint density at radius 2 is 2.00 bits per heavy atom. The lowest BCUT2D eigenvalue weighted by molar-refractivity contribution is 0.591. The molecule has 2 N–H and O–H groups in total. The number of aromatic nitrogens is 4. The molecule has 0 aliphatic carbocycles. The van der Waals surface area contributed by atoms with E-state index in [0.29, 0.717) is 6.54 Å². The summed E-state index contributed by atoms with van der Waals surface area (Å²) >= 11 is 6.12. The van der Waals surface area contributed by atoms with E-state index in [9.17, 15) is 0 Å². The Hall–Kier alpha value is -3.38. The predicted molar refractivity (Wildman–Crippen MR) is 111 cm³/mol. The number of aromatic amines is 1. The Morgan fingerprint density at radius 3 is 2.89 bits per heavy atom. The molecule has 0 unspecified atom stereocenters. The van der Waals surface area contributed by atoms with Gasteiger partial charge in [0.15, 0.2) is 0 Å². The molecule has 2 aromatic heterocycles. The molecule has 0 amide bonds. The summed E-state index contributed by atoms with van der Waals surface area (Å²) in [7, 11) is 0. The molecule has 0 radical (unpaired) electrons. The Balaban J connectivity index is 1.42. The SMILES string of the molecule is ClN1C=Cc2ncnc(Nc3ccc4[nH]c(Cc5ccccc5)nc4c3)c2C1. The molecule has 1 aliphatic rings. The zero-order valence-electron chi connectivity index (χ0n) is 14.9. The van der Waals surface area contributed by atoms with Gasteiger partial charge in [0.25, 0.3) is 0 Å². The second-order valence-corrected chi connectivity index (χ2v) is 7.10. The summed E-state index contributed by atoms with van der Waals surface area (Å²) in [5, 5.41) is 3.38. The fraction of sp³-hybridized carbons (Fsp3) is 0.0952. The van der Waals surface area contributed by atoms with E-state index in [2.05, 4.69) is 32.4 Å². The highest BCUT2D eigenvalue weighted by Gasteiger charge is 2.16. The van der Waals surface area contributed by atoms with Gasteiger partial charge in [0.1, 0.15) is 18.0 Å². The molecule has 4 aromatic rings. The maximum atomic E-state index is 6.12. The first-order chi connectivity index (χ1) is 13.7. The number of imidazole rings is 1. The largest absolute Gasteiger partial charge is 0.342 e. The van der Waals surface area contributed by atoms with Crippen LogP contribution >= 0.6 is 11.8 Å². The summed E-state index contributed by atoms with van der Waals surface area (Å²) in [6.07, 6.45) is 6.01. The highest BCUT2D eigenvalue weighted by atomic mass is 35.5. The standard InChI is InChI=1S/C21H17ClN6/c22-28-9-8-17-16(12-28)21(24-13-23-17)25-15-6-7-18-19(11-15)27-20(26-18)10-14-4-2-1-3-5-14/h1-9,11,13H,10,12H2,(H,26,27)(H,23,24,25). The van der Waals surface area contributed by atoms with Gasteiger partial charge in [0.05, 0.1) is 23.3 Å². The van der Waals surface area contributed by atoms with Gasteiger partial charge in [-0.05, 0) is 29.8 Å². The number of benzene rings is 2. The van der Waals surface area contributed by atoms with Crippen molar-refractivity contribution in [1.29, 1.82) is 0 Å². The first-order valence-corrected chi connectivity index (χ1v) is 9.32. The number of rotatable bonds is 4. The third-order valence-electron chi connectivity index (χ3n) is 4.69. The topological polar surface area (TPSA) is 69.7 Å². The van der Waals surface area contributed by atoms with Gasteiger partial charge in [0, 0.05) is 35.6 Å². The number of anilines is 2.